The topological polar surface area (TPSA) is 118 Å². The maximum atomic E-state index is 12.4. The maximum absolute atomic E-state index is 12.4. The van der Waals surface area contributed by atoms with Gasteiger partial charge >= 0.3 is 5.97 Å². The molecule has 0 aliphatic carbocycles. The molecule has 0 spiro atoms. The second-order valence-electron chi connectivity index (χ2n) is 7.56. The number of nitrogens with one attached hydrogen (secondary N) is 1. The van der Waals surface area contributed by atoms with Crippen LogP contribution in [0.25, 0.3) is 10.8 Å². The molecule has 0 bridgehead atoms. The number of sulfone groups is 1. The van der Waals surface area contributed by atoms with Gasteiger partial charge in [0.2, 0.25) is 11.8 Å². The standard InChI is InChI=1S/C24H21N3O5S/c1-15(2)33(30,31)19-7-4-6-17(14-19)26-24-25-12-11-22(27-24)32-18-9-10-20-16(13-18)5-3-8-21(20)23(28)29/h3-15H,1-2H3,(H,28,29)(H,25,26,27). The van der Waals surface area contributed by atoms with Crippen LogP contribution in [0.2, 0.25) is 0 Å². The Hall–Kier alpha value is -3.98. The van der Waals surface area contributed by atoms with Gasteiger partial charge < -0.3 is 15.2 Å². The molecule has 0 fully saturated rings. The Balaban J connectivity index is 1.56. The van der Waals surface area contributed by atoms with E-state index in [1.165, 1.54) is 12.3 Å². The number of benzene rings is 3. The quantitative estimate of drug-likeness (QED) is 0.391. The molecule has 0 atom stereocenters. The van der Waals surface area contributed by atoms with E-state index in [0.717, 1.165) is 5.39 Å². The zero-order chi connectivity index (χ0) is 23.6. The maximum Gasteiger partial charge on any atom is 0.336 e. The molecule has 0 amide bonds. The number of nitrogens with zero attached hydrogens (tertiary/aromatic N) is 2. The lowest BCUT2D eigenvalue weighted by atomic mass is 10.0. The summed E-state index contributed by atoms with van der Waals surface area (Å²) in [6, 6.07) is 18.2. The molecule has 0 saturated carbocycles. The SMILES string of the molecule is CC(C)S(=O)(=O)c1cccc(Nc2nccc(Oc3ccc4c(C(=O)O)cccc4c3)n2)c1. The van der Waals surface area contributed by atoms with Gasteiger partial charge in [-0.1, -0.05) is 18.2 Å². The largest absolute Gasteiger partial charge is 0.478 e. The van der Waals surface area contributed by atoms with Crippen LogP contribution >= 0.6 is 0 Å². The summed E-state index contributed by atoms with van der Waals surface area (Å²) < 4.78 is 30.7. The highest BCUT2D eigenvalue weighted by Crippen LogP contribution is 2.28. The van der Waals surface area contributed by atoms with E-state index in [4.69, 9.17) is 4.74 Å². The molecule has 4 aromatic rings. The molecular formula is C24H21N3O5S. The monoisotopic (exact) mass is 463 g/mol. The van der Waals surface area contributed by atoms with Crippen LogP contribution in [-0.2, 0) is 9.84 Å². The van der Waals surface area contributed by atoms with Crippen LogP contribution < -0.4 is 10.1 Å². The fourth-order valence-electron chi connectivity index (χ4n) is 3.24. The zero-order valence-corrected chi connectivity index (χ0v) is 18.7. The number of carbonyl (C=O) groups is 1. The first-order valence-electron chi connectivity index (χ1n) is 10.1. The summed E-state index contributed by atoms with van der Waals surface area (Å²) in [6.07, 6.45) is 1.52. The number of aromatic nitrogens is 2. The van der Waals surface area contributed by atoms with Gasteiger partial charge in [0.25, 0.3) is 0 Å². The van der Waals surface area contributed by atoms with Gasteiger partial charge in [0, 0.05) is 18.0 Å². The molecule has 0 aliphatic heterocycles. The van der Waals surface area contributed by atoms with Crippen LogP contribution in [0.15, 0.2) is 77.8 Å². The molecule has 3 aromatic carbocycles. The Bertz CT molecular complexity index is 1450. The number of hydrogen-bond donors (Lipinski definition) is 2. The van der Waals surface area contributed by atoms with Crippen LogP contribution in [0, 0.1) is 0 Å². The van der Waals surface area contributed by atoms with Crippen LogP contribution in [0.3, 0.4) is 0 Å². The molecule has 8 nitrogen and oxygen atoms in total. The van der Waals surface area contributed by atoms with Crippen molar-refractivity contribution in [1.82, 2.24) is 9.97 Å². The molecule has 0 aliphatic rings. The lowest BCUT2D eigenvalue weighted by Gasteiger charge is -2.11. The number of rotatable bonds is 7. The van der Waals surface area contributed by atoms with E-state index in [9.17, 15) is 18.3 Å². The molecule has 0 saturated heterocycles. The van der Waals surface area contributed by atoms with E-state index in [2.05, 4.69) is 15.3 Å². The number of carboxylic acids is 1. The summed E-state index contributed by atoms with van der Waals surface area (Å²) in [5.41, 5.74) is 0.745. The number of ether oxygens (including phenoxy) is 1. The van der Waals surface area contributed by atoms with Crippen molar-refractivity contribution in [2.45, 2.75) is 24.0 Å². The van der Waals surface area contributed by atoms with Crippen molar-refractivity contribution in [2.75, 3.05) is 5.32 Å². The van der Waals surface area contributed by atoms with E-state index in [1.54, 1.807) is 74.5 Å². The van der Waals surface area contributed by atoms with Gasteiger partial charge in [-0.05, 0) is 67.1 Å². The van der Waals surface area contributed by atoms with E-state index in [-0.39, 0.29) is 22.3 Å². The third kappa shape index (κ3) is 4.78. The summed E-state index contributed by atoms with van der Waals surface area (Å²) in [6.45, 7) is 3.27. The number of aromatic carboxylic acids is 1. The minimum Gasteiger partial charge on any atom is -0.478 e. The van der Waals surface area contributed by atoms with Crippen molar-refractivity contribution in [1.29, 1.82) is 0 Å². The molecule has 1 aromatic heterocycles. The smallest absolute Gasteiger partial charge is 0.336 e. The van der Waals surface area contributed by atoms with Gasteiger partial charge in [-0.15, -0.1) is 0 Å². The molecule has 168 valence electrons. The molecule has 0 unspecified atom stereocenters. The molecule has 1 heterocycles. The van der Waals surface area contributed by atoms with Crippen LogP contribution in [0.5, 0.6) is 11.6 Å². The van der Waals surface area contributed by atoms with Gasteiger partial charge in [0.1, 0.15) is 5.75 Å². The first-order chi connectivity index (χ1) is 15.7. The molecule has 9 heteroatoms. The average molecular weight is 464 g/mol. The fraction of sp³-hybridized carbons (Fsp3) is 0.125. The van der Waals surface area contributed by atoms with Crippen molar-refractivity contribution in [2.24, 2.45) is 0 Å². The fourth-order valence-corrected chi connectivity index (χ4v) is 4.35. The Morgan fingerprint density at radius 1 is 1.03 bits per heavy atom. The van der Waals surface area contributed by atoms with E-state index < -0.39 is 21.1 Å². The summed E-state index contributed by atoms with van der Waals surface area (Å²) in [4.78, 5) is 20.1. The van der Waals surface area contributed by atoms with Crippen LogP contribution in [-0.4, -0.2) is 34.7 Å². The molecular weight excluding hydrogens is 442 g/mol. The lowest BCUT2D eigenvalue weighted by molar-refractivity contribution is 0.0699. The van der Waals surface area contributed by atoms with Gasteiger partial charge in [-0.25, -0.2) is 18.2 Å². The summed E-state index contributed by atoms with van der Waals surface area (Å²) in [7, 11) is -3.41. The first-order valence-corrected chi connectivity index (χ1v) is 11.7. The lowest BCUT2D eigenvalue weighted by Crippen LogP contribution is -2.14. The number of fused-ring (bicyclic) bond motifs is 1. The summed E-state index contributed by atoms with van der Waals surface area (Å²) in [5, 5.41) is 13.1. The second kappa shape index (κ2) is 8.87. The van der Waals surface area contributed by atoms with Crippen molar-refractivity contribution in [3.05, 3.63) is 78.5 Å². The van der Waals surface area contributed by atoms with Crippen molar-refractivity contribution >= 4 is 38.2 Å². The molecule has 4 rings (SSSR count). The van der Waals surface area contributed by atoms with E-state index in [1.807, 2.05) is 0 Å². The molecule has 0 radical (unpaired) electrons. The first kappa shape index (κ1) is 22.2. The van der Waals surface area contributed by atoms with Gasteiger partial charge in [0.15, 0.2) is 9.84 Å². The van der Waals surface area contributed by atoms with Crippen LogP contribution in [0.4, 0.5) is 11.6 Å². The van der Waals surface area contributed by atoms with Gasteiger partial charge in [-0.2, -0.15) is 4.98 Å². The average Bonchev–Trinajstić information content (AvgIpc) is 2.78. The minimum absolute atomic E-state index is 0.215. The molecule has 2 N–H and O–H groups in total. The van der Waals surface area contributed by atoms with Crippen molar-refractivity contribution in [3.8, 4) is 11.6 Å². The Morgan fingerprint density at radius 2 is 1.82 bits per heavy atom. The predicted octanol–water partition coefficient (Wildman–Crippen LogP) is 5.05. The summed E-state index contributed by atoms with van der Waals surface area (Å²) >= 11 is 0. The Labute approximate surface area is 190 Å². The molecule has 33 heavy (non-hydrogen) atoms. The third-order valence-corrected chi connectivity index (χ3v) is 7.13. The van der Waals surface area contributed by atoms with E-state index >= 15 is 0 Å². The Morgan fingerprint density at radius 3 is 2.58 bits per heavy atom. The predicted molar refractivity (Wildman–Crippen MR) is 125 cm³/mol. The minimum atomic E-state index is -3.41. The second-order valence-corrected chi connectivity index (χ2v) is 10.1. The third-order valence-electron chi connectivity index (χ3n) is 4.97. The number of carboxylic acid groups (broad SMARTS) is 1. The van der Waals surface area contributed by atoms with E-state index in [0.29, 0.717) is 16.8 Å². The van der Waals surface area contributed by atoms with Gasteiger partial charge in [-0.3, -0.25) is 0 Å². The summed E-state index contributed by atoms with van der Waals surface area (Å²) in [5.74, 6) is -0.00138. The highest BCUT2D eigenvalue weighted by Gasteiger charge is 2.19. The highest BCUT2D eigenvalue weighted by atomic mass is 32.2. The Kier molecular flexibility index (Phi) is 5.97. The number of hydrogen-bond acceptors (Lipinski definition) is 7. The van der Waals surface area contributed by atoms with Gasteiger partial charge in [0.05, 0.1) is 15.7 Å². The van der Waals surface area contributed by atoms with Crippen LogP contribution in [0.1, 0.15) is 24.2 Å². The van der Waals surface area contributed by atoms with Crippen molar-refractivity contribution < 1.29 is 23.1 Å². The zero-order valence-electron chi connectivity index (χ0n) is 17.9. The van der Waals surface area contributed by atoms with Crippen molar-refractivity contribution in [3.63, 3.8) is 0 Å². The number of anilines is 2. The highest BCUT2D eigenvalue weighted by molar-refractivity contribution is 7.92. The normalized spacial score (nSPS) is 11.5.